The number of carbonyl (C=O) groups excluding carboxylic acids is 11. The number of hydrogen-bond acceptors (Lipinski definition) is 27. The summed E-state index contributed by atoms with van der Waals surface area (Å²) in [5.41, 5.74) is -4.53. The third-order valence-corrected chi connectivity index (χ3v) is 21.5. The lowest BCUT2D eigenvalue weighted by atomic mass is 9.74. The van der Waals surface area contributed by atoms with E-state index in [0.29, 0.717) is 44.9 Å². The average Bonchev–Trinajstić information content (AvgIpc) is 1.56. The van der Waals surface area contributed by atoms with Gasteiger partial charge in [-0.25, -0.2) is 19.2 Å². The summed E-state index contributed by atoms with van der Waals surface area (Å²) in [7, 11) is 0. The number of hydrogen-bond donors (Lipinski definition) is 0. The second-order valence-electron chi connectivity index (χ2n) is 29.3. The molecule has 0 aromatic carbocycles. The first kappa shape index (κ1) is 69.4. The minimum Gasteiger partial charge on any atom is -0.458 e. The molecule has 6 bridgehead atoms. The van der Waals surface area contributed by atoms with Crippen LogP contribution in [0.15, 0.2) is 0 Å². The van der Waals surface area contributed by atoms with E-state index in [1.54, 1.807) is 55.4 Å². The summed E-state index contributed by atoms with van der Waals surface area (Å²) < 4.78 is 74.8. The highest BCUT2D eigenvalue weighted by Crippen LogP contribution is 2.64. The molecule has 6 saturated carbocycles. The molecule has 27 nitrogen and oxygen atoms in total. The van der Waals surface area contributed by atoms with Crippen LogP contribution in [0.4, 0.5) is 0 Å². The highest BCUT2D eigenvalue weighted by atomic mass is 16.9. The molecule has 0 aromatic rings. The molecule has 27 heteroatoms. The normalized spacial score (nSPS) is 36.7. The molecular weight excluding hydrogens is 1210 g/mol. The lowest BCUT2D eigenvalue weighted by Crippen LogP contribution is -2.42. The van der Waals surface area contributed by atoms with Crippen LogP contribution in [0.25, 0.3) is 0 Å². The summed E-state index contributed by atoms with van der Waals surface area (Å²) >= 11 is 0. The van der Waals surface area contributed by atoms with E-state index in [1.165, 1.54) is 0 Å². The minimum atomic E-state index is -1.24. The van der Waals surface area contributed by atoms with Crippen molar-refractivity contribution in [1.29, 1.82) is 10.5 Å². The zero-order chi connectivity index (χ0) is 67.7. The zero-order valence-electron chi connectivity index (χ0n) is 54.7. The summed E-state index contributed by atoms with van der Waals surface area (Å²) in [6.45, 7) is 23.7. The third kappa shape index (κ3) is 12.7. The number of rotatable bonds is 18. The van der Waals surface area contributed by atoms with E-state index in [-0.39, 0.29) is 78.3 Å². The fraction of sp³-hybridized carbons (Fsp3) is 0.800. The first-order valence-corrected chi connectivity index (χ1v) is 32.0. The summed E-state index contributed by atoms with van der Waals surface area (Å²) in [5, 5.41) is 18.6. The molecule has 6 saturated heterocycles. The predicted octanol–water partition coefficient (Wildman–Crippen LogP) is 5.30. The Bertz CT molecular complexity index is 3080. The van der Waals surface area contributed by atoms with Crippen LogP contribution in [0.1, 0.15) is 161 Å². The number of nitriles is 2. The van der Waals surface area contributed by atoms with Crippen LogP contribution in [0, 0.1) is 96.6 Å². The Morgan fingerprint density at radius 2 is 0.891 bits per heavy atom. The first-order valence-electron chi connectivity index (χ1n) is 32.0. The maximum absolute atomic E-state index is 12.2. The number of fused-ring (bicyclic) bond motifs is 6. The molecule has 12 rings (SSSR count). The van der Waals surface area contributed by atoms with Gasteiger partial charge in [0.05, 0.1) is 39.7 Å². The highest BCUT2D eigenvalue weighted by molar-refractivity contribution is 5.87. The van der Waals surface area contributed by atoms with Crippen LogP contribution >= 0.6 is 0 Å². The van der Waals surface area contributed by atoms with E-state index in [0.717, 1.165) is 19.3 Å². The van der Waals surface area contributed by atoms with Crippen LogP contribution in [0.5, 0.6) is 0 Å². The van der Waals surface area contributed by atoms with Crippen molar-refractivity contribution in [2.24, 2.45) is 73.9 Å². The van der Waals surface area contributed by atoms with Gasteiger partial charge in [-0.1, -0.05) is 27.7 Å². The SMILES string of the molecule is CCC(C)(C)C(=O)OC1C2CC3C1OC(=O)C3(C#N)C2.CCC(C)(C)C(=O)OCC(=O)OC1C(=O)OC2C3OC(C)(C)OC3OC12.CCC(C)(C)C(=O)OCC(=O)OC1C2CC3C(=O)OC1C3C2.CCC(C)(C)C(=O)OCC(=O)OC1C2CC3C1OC(=O)C3(C#N)C2. The fourth-order valence-electron chi connectivity index (χ4n) is 14.3. The van der Waals surface area contributed by atoms with Crippen LogP contribution in [0.3, 0.4) is 0 Å². The lowest BCUT2D eigenvalue weighted by Gasteiger charge is -2.30. The van der Waals surface area contributed by atoms with Gasteiger partial charge in [0.2, 0.25) is 6.10 Å². The second kappa shape index (κ2) is 25.4. The van der Waals surface area contributed by atoms with Gasteiger partial charge in [-0.3, -0.25) is 33.6 Å². The lowest BCUT2D eigenvalue weighted by molar-refractivity contribution is -0.217. The Kier molecular flexibility index (Phi) is 19.2. The Morgan fingerprint density at radius 1 is 0.478 bits per heavy atom. The van der Waals surface area contributed by atoms with Crippen LogP contribution in [-0.4, -0.2) is 159 Å². The molecule has 92 heavy (non-hydrogen) atoms. The van der Waals surface area contributed by atoms with Crippen LogP contribution in [0.2, 0.25) is 0 Å². The molecule has 20 atom stereocenters. The molecule has 0 spiro atoms. The standard InChI is InChI=1S/C17H21NO6.C17H24O9.C16H22O6.C15H19NO4/c1-4-16(2,3)14(20)22-7-11(19)23-12-9-5-10-13(12)24-15(21)17(10,6-9)8-18;1-6-16(2,3)15(20)21-7-8(18)22-11-9-10(23-13(11)19)12-14(24-9)26-17(4,5)25-12;1-4-16(2,3)15(19)20-7-11(17)21-12-8-5-9-10(6-8)14(18)22-13(9)12;1-4-14(2,3)12(17)19-10-8-5-9-11(10)20-13(18)15(9,6-8)7-16/h9-10,12-13H,4-7H2,1-3H3;9-12,14H,6-7H2,1-5H3;8-10,12-13H,4-7H2,1-3H3;8-11H,4-6H2,1-3H3. The van der Waals surface area contributed by atoms with Gasteiger partial charge < -0.3 is 66.3 Å². The van der Waals surface area contributed by atoms with Gasteiger partial charge in [0.15, 0.2) is 54.9 Å². The Balaban J connectivity index is 0.000000146. The maximum atomic E-state index is 12.2. The van der Waals surface area contributed by atoms with Gasteiger partial charge in [-0.2, -0.15) is 10.5 Å². The van der Waals surface area contributed by atoms with E-state index in [9.17, 15) is 63.3 Å². The van der Waals surface area contributed by atoms with Crippen molar-refractivity contribution in [2.75, 3.05) is 19.8 Å². The van der Waals surface area contributed by atoms with E-state index < -0.39 is 154 Å². The first-order chi connectivity index (χ1) is 43.0. The third-order valence-electron chi connectivity index (χ3n) is 21.5. The zero-order valence-corrected chi connectivity index (χ0v) is 54.7. The topological polar surface area (TPSA) is 365 Å². The van der Waals surface area contributed by atoms with Crippen molar-refractivity contribution in [2.45, 2.75) is 234 Å². The quantitative estimate of drug-likeness (QED) is 0.124. The molecule has 20 unspecified atom stereocenters. The highest BCUT2D eigenvalue weighted by Gasteiger charge is 2.74. The molecule has 0 aromatic heterocycles. The van der Waals surface area contributed by atoms with E-state index in [2.05, 4.69) is 12.1 Å². The molecule has 506 valence electrons. The van der Waals surface area contributed by atoms with Crippen LogP contribution in [-0.2, 0) is 119 Å². The summed E-state index contributed by atoms with van der Waals surface area (Å²) in [6, 6.07) is 4.25. The van der Waals surface area contributed by atoms with Crippen molar-refractivity contribution in [1.82, 2.24) is 0 Å². The fourth-order valence-corrected chi connectivity index (χ4v) is 14.3. The van der Waals surface area contributed by atoms with E-state index >= 15 is 0 Å². The smallest absolute Gasteiger partial charge is 0.350 e. The molecular formula is C65H86N2O25. The number of esters is 11. The molecule has 0 amide bonds. The largest absolute Gasteiger partial charge is 0.458 e. The minimum absolute atomic E-state index is 0.00636. The summed E-state index contributed by atoms with van der Waals surface area (Å²) in [5.74, 6) is -6.27. The van der Waals surface area contributed by atoms with Gasteiger partial charge in [0.1, 0.15) is 42.7 Å². The molecule has 0 radical (unpaired) electrons. The van der Waals surface area contributed by atoms with Crippen molar-refractivity contribution in [3.05, 3.63) is 0 Å². The van der Waals surface area contributed by atoms with Gasteiger partial charge in [0.25, 0.3) is 0 Å². The Hall–Kier alpha value is -6.97. The molecule has 12 aliphatic rings. The Labute approximate surface area is 533 Å². The van der Waals surface area contributed by atoms with E-state index in [4.69, 9.17) is 66.3 Å². The predicted molar refractivity (Wildman–Crippen MR) is 305 cm³/mol. The molecule has 6 aliphatic heterocycles. The van der Waals surface area contributed by atoms with Gasteiger partial charge in [0, 0.05) is 35.5 Å². The van der Waals surface area contributed by atoms with Crippen molar-refractivity contribution < 1.29 is 119 Å². The van der Waals surface area contributed by atoms with Crippen molar-refractivity contribution >= 4 is 65.7 Å². The summed E-state index contributed by atoms with van der Waals surface area (Å²) in [6.07, 6.45) is -0.302. The number of ether oxygens (including phenoxy) is 14. The Morgan fingerprint density at radius 3 is 1.34 bits per heavy atom. The monoisotopic (exact) mass is 1290 g/mol. The number of carbonyl (C=O) groups is 11. The summed E-state index contributed by atoms with van der Waals surface area (Å²) in [4.78, 5) is 131. The van der Waals surface area contributed by atoms with Crippen LogP contribution < -0.4 is 0 Å². The maximum Gasteiger partial charge on any atom is 0.350 e. The molecule has 6 aliphatic carbocycles. The molecule has 0 N–H and O–H groups in total. The molecule has 6 heterocycles. The second-order valence-corrected chi connectivity index (χ2v) is 29.3. The molecule has 12 fully saturated rings. The van der Waals surface area contributed by atoms with Crippen molar-refractivity contribution in [3.8, 4) is 12.1 Å². The van der Waals surface area contributed by atoms with Gasteiger partial charge in [-0.05, 0) is 133 Å². The van der Waals surface area contributed by atoms with Gasteiger partial charge >= 0.3 is 65.7 Å². The van der Waals surface area contributed by atoms with E-state index in [1.807, 2.05) is 41.5 Å². The van der Waals surface area contributed by atoms with Crippen molar-refractivity contribution in [3.63, 3.8) is 0 Å². The number of nitrogens with zero attached hydrogens (tertiary/aromatic N) is 2. The average molecular weight is 1300 g/mol. The van der Waals surface area contributed by atoms with Gasteiger partial charge in [-0.15, -0.1) is 0 Å².